The first-order valence-electron chi connectivity index (χ1n) is 8.37. The predicted molar refractivity (Wildman–Crippen MR) is 97.5 cm³/mol. The predicted octanol–water partition coefficient (Wildman–Crippen LogP) is 2.98. The highest BCUT2D eigenvalue weighted by atomic mass is 19.3. The van der Waals surface area contributed by atoms with Gasteiger partial charge in [-0.3, -0.25) is 4.79 Å². The molecule has 0 fully saturated rings. The summed E-state index contributed by atoms with van der Waals surface area (Å²) in [7, 11) is 2.82. The number of carbonyl (C=O) groups is 2. The average Bonchev–Trinajstić information content (AvgIpc) is 2.72. The van der Waals surface area contributed by atoms with E-state index in [4.69, 9.17) is 14.7 Å². The molecule has 0 atom stereocenters. The minimum absolute atomic E-state index is 0.107. The third-order valence-electron chi connectivity index (χ3n) is 3.87. The topological polar surface area (TPSA) is 88.9 Å². The minimum Gasteiger partial charge on any atom is -0.493 e. The molecule has 0 heterocycles. The van der Waals surface area contributed by atoms with Crippen LogP contribution in [0.3, 0.4) is 0 Å². The Balaban J connectivity index is 1.93. The lowest BCUT2D eigenvalue weighted by Gasteiger charge is -2.18. The van der Waals surface area contributed by atoms with Crippen LogP contribution in [0.15, 0.2) is 42.5 Å². The standard InChI is InChI=1S/C20H18F2N2O5/c1-24(11-14-5-8-16(29-20(21)22)17(9-14)27-2)18(25)12-28-19(26)15-6-3-13(10-23)4-7-15/h3-9,20H,11-12H2,1-2H3. The molecule has 0 aliphatic rings. The first kappa shape index (κ1) is 21.6. The van der Waals surface area contributed by atoms with Crippen LogP contribution in [-0.4, -0.2) is 44.2 Å². The van der Waals surface area contributed by atoms with Gasteiger partial charge in [-0.2, -0.15) is 14.0 Å². The van der Waals surface area contributed by atoms with Crippen molar-refractivity contribution in [1.29, 1.82) is 5.26 Å². The van der Waals surface area contributed by atoms with E-state index in [0.717, 1.165) is 0 Å². The fraction of sp³-hybridized carbons (Fsp3) is 0.250. The zero-order chi connectivity index (χ0) is 21.4. The summed E-state index contributed by atoms with van der Waals surface area (Å²) in [6.45, 7) is -3.32. The van der Waals surface area contributed by atoms with E-state index in [1.807, 2.05) is 6.07 Å². The summed E-state index contributed by atoms with van der Waals surface area (Å²) in [5.41, 5.74) is 1.23. The lowest BCUT2D eigenvalue weighted by atomic mass is 10.1. The molecule has 0 saturated carbocycles. The maximum absolute atomic E-state index is 12.4. The molecule has 2 aromatic carbocycles. The van der Waals surface area contributed by atoms with Crippen LogP contribution in [0, 0.1) is 11.3 Å². The number of hydrogen-bond donors (Lipinski definition) is 0. The number of rotatable bonds is 8. The summed E-state index contributed by atoms with van der Waals surface area (Å²) in [4.78, 5) is 25.5. The maximum Gasteiger partial charge on any atom is 0.387 e. The molecule has 9 heteroatoms. The third-order valence-corrected chi connectivity index (χ3v) is 3.87. The smallest absolute Gasteiger partial charge is 0.387 e. The Bertz CT molecular complexity index is 910. The molecule has 0 aliphatic heterocycles. The van der Waals surface area contributed by atoms with Gasteiger partial charge in [-0.15, -0.1) is 0 Å². The molecular weight excluding hydrogens is 386 g/mol. The number of benzene rings is 2. The van der Waals surface area contributed by atoms with Crippen molar-refractivity contribution in [2.45, 2.75) is 13.2 Å². The Labute approximate surface area is 166 Å². The van der Waals surface area contributed by atoms with Crippen molar-refractivity contribution < 1.29 is 32.6 Å². The fourth-order valence-corrected chi connectivity index (χ4v) is 2.37. The SMILES string of the molecule is COc1cc(CN(C)C(=O)COC(=O)c2ccc(C#N)cc2)ccc1OC(F)F. The Hall–Kier alpha value is -3.67. The van der Waals surface area contributed by atoms with Crippen LogP contribution in [0.2, 0.25) is 0 Å². The van der Waals surface area contributed by atoms with Gasteiger partial charge >= 0.3 is 12.6 Å². The minimum atomic E-state index is -2.98. The molecule has 152 valence electrons. The van der Waals surface area contributed by atoms with Crippen molar-refractivity contribution in [2.24, 2.45) is 0 Å². The van der Waals surface area contributed by atoms with Gasteiger partial charge in [0.1, 0.15) is 0 Å². The Morgan fingerprint density at radius 2 is 1.83 bits per heavy atom. The van der Waals surface area contributed by atoms with Gasteiger partial charge in [-0.25, -0.2) is 4.79 Å². The van der Waals surface area contributed by atoms with Crippen molar-refractivity contribution in [1.82, 2.24) is 4.90 Å². The second-order valence-electron chi connectivity index (χ2n) is 5.88. The van der Waals surface area contributed by atoms with Gasteiger partial charge in [0.15, 0.2) is 18.1 Å². The average molecular weight is 404 g/mol. The Kier molecular flexibility index (Phi) is 7.48. The summed E-state index contributed by atoms with van der Waals surface area (Å²) in [5.74, 6) is -1.15. The normalized spacial score (nSPS) is 10.2. The van der Waals surface area contributed by atoms with E-state index in [1.165, 1.54) is 61.5 Å². The van der Waals surface area contributed by atoms with Crippen LogP contribution in [0.25, 0.3) is 0 Å². The van der Waals surface area contributed by atoms with E-state index in [2.05, 4.69) is 4.74 Å². The van der Waals surface area contributed by atoms with Gasteiger partial charge in [0, 0.05) is 13.6 Å². The van der Waals surface area contributed by atoms with Crippen molar-refractivity contribution in [3.8, 4) is 17.6 Å². The number of nitriles is 1. The van der Waals surface area contributed by atoms with E-state index >= 15 is 0 Å². The van der Waals surface area contributed by atoms with Crippen LogP contribution in [0.5, 0.6) is 11.5 Å². The number of alkyl halides is 2. The number of esters is 1. The number of ether oxygens (including phenoxy) is 3. The van der Waals surface area contributed by atoms with Gasteiger partial charge < -0.3 is 19.1 Å². The molecule has 0 aliphatic carbocycles. The molecule has 7 nitrogen and oxygen atoms in total. The number of methoxy groups -OCH3 is 1. The molecule has 29 heavy (non-hydrogen) atoms. The zero-order valence-electron chi connectivity index (χ0n) is 15.7. The lowest BCUT2D eigenvalue weighted by Crippen LogP contribution is -2.30. The van der Waals surface area contributed by atoms with Crippen LogP contribution in [-0.2, 0) is 16.1 Å². The third kappa shape index (κ3) is 6.17. The molecule has 0 saturated heterocycles. The molecule has 0 radical (unpaired) electrons. The molecule has 0 unspecified atom stereocenters. The van der Waals surface area contributed by atoms with Crippen LogP contribution >= 0.6 is 0 Å². The molecule has 0 aromatic heterocycles. The summed E-state index contributed by atoms with van der Waals surface area (Å²) >= 11 is 0. The van der Waals surface area contributed by atoms with Crippen LogP contribution < -0.4 is 9.47 Å². The van der Waals surface area contributed by atoms with Crippen LogP contribution in [0.4, 0.5) is 8.78 Å². The van der Waals surface area contributed by atoms with Gasteiger partial charge in [-0.1, -0.05) is 6.07 Å². The van der Waals surface area contributed by atoms with Gasteiger partial charge in [0.2, 0.25) is 0 Å². The van der Waals surface area contributed by atoms with Crippen molar-refractivity contribution in [2.75, 3.05) is 20.8 Å². The fourth-order valence-electron chi connectivity index (χ4n) is 2.37. The van der Waals surface area contributed by atoms with Crippen molar-refractivity contribution in [3.63, 3.8) is 0 Å². The largest absolute Gasteiger partial charge is 0.493 e. The van der Waals surface area contributed by atoms with E-state index in [1.54, 1.807) is 0 Å². The molecular formula is C20H18F2N2O5. The Morgan fingerprint density at radius 3 is 2.41 bits per heavy atom. The van der Waals surface area contributed by atoms with Gasteiger partial charge in [0.25, 0.3) is 5.91 Å². The van der Waals surface area contributed by atoms with Crippen molar-refractivity contribution >= 4 is 11.9 Å². The zero-order valence-corrected chi connectivity index (χ0v) is 15.7. The van der Waals surface area contributed by atoms with E-state index in [9.17, 15) is 18.4 Å². The second-order valence-corrected chi connectivity index (χ2v) is 5.88. The lowest BCUT2D eigenvalue weighted by molar-refractivity contribution is -0.133. The summed E-state index contributed by atoms with van der Waals surface area (Å²) in [6, 6.07) is 12.1. The van der Waals surface area contributed by atoms with Crippen LogP contribution in [0.1, 0.15) is 21.5 Å². The molecule has 2 rings (SSSR count). The number of nitrogens with zero attached hydrogens (tertiary/aromatic N) is 2. The molecule has 1 amide bonds. The number of amides is 1. The highest BCUT2D eigenvalue weighted by Crippen LogP contribution is 2.29. The second kappa shape index (κ2) is 10.0. The van der Waals surface area contributed by atoms with Gasteiger partial charge in [-0.05, 0) is 42.0 Å². The highest BCUT2D eigenvalue weighted by Gasteiger charge is 2.16. The highest BCUT2D eigenvalue weighted by molar-refractivity contribution is 5.91. The molecule has 0 N–H and O–H groups in total. The number of likely N-dealkylation sites (N-methyl/N-ethyl adjacent to an activating group) is 1. The monoisotopic (exact) mass is 404 g/mol. The number of carbonyl (C=O) groups excluding carboxylic acids is 2. The molecule has 0 bridgehead atoms. The first-order chi connectivity index (χ1) is 13.8. The van der Waals surface area contributed by atoms with E-state index < -0.39 is 25.1 Å². The number of hydrogen-bond acceptors (Lipinski definition) is 6. The quantitative estimate of drug-likeness (QED) is 0.629. The summed E-state index contributed by atoms with van der Waals surface area (Å²) < 4.78 is 39.1. The summed E-state index contributed by atoms with van der Waals surface area (Å²) in [6.07, 6.45) is 0. The Morgan fingerprint density at radius 1 is 1.14 bits per heavy atom. The number of halogens is 2. The molecule has 2 aromatic rings. The van der Waals surface area contributed by atoms with E-state index in [-0.39, 0.29) is 23.6 Å². The summed E-state index contributed by atoms with van der Waals surface area (Å²) in [5, 5.41) is 8.75. The maximum atomic E-state index is 12.4. The van der Waals surface area contributed by atoms with Crippen molar-refractivity contribution in [3.05, 3.63) is 59.2 Å². The molecule has 0 spiro atoms. The first-order valence-corrected chi connectivity index (χ1v) is 8.37. The van der Waals surface area contributed by atoms with E-state index in [0.29, 0.717) is 11.1 Å². The van der Waals surface area contributed by atoms with Gasteiger partial charge in [0.05, 0.1) is 24.3 Å².